The number of rotatable bonds is 3. The number of imide groups is 1. The monoisotopic (exact) mass is 211 g/mol. The first-order valence-electron chi connectivity index (χ1n) is 5.11. The van der Waals surface area contributed by atoms with Crippen LogP contribution in [0.1, 0.15) is 26.2 Å². The highest BCUT2D eigenvalue weighted by atomic mass is 16.2. The number of carbonyl (C=O) groups excluding carboxylic acids is 2. The summed E-state index contributed by atoms with van der Waals surface area (Å²) in [5.74, 6) is -0.378. The van der Waals surface area contributed by atoms with Crippen LogP contribution in [0, 0.1) is 0 Å². The minimum atomic E-state index is -0.808. The fourth-order valence-electron chi connectivity index (χ4n) is 1.60. The third-order valence-electron chi connectivity index (χ3n) is 2.39. The Balaban J connectivity index is 2.33. The second kappa shape index (κ2) is 5.50. The first-order valence-corrected chi connectivity index (χ1v) is 5.11. The number of nitrogens with two attached hydrogens (primary N) is 1. The van der Waals surface area contributed by atoms with Gasteiger partial charge in [0.05, 0.1) is 6.04 Å². The van der Waals surface area contributed by atoms with Crippen molar-refractivity contribution >= 4 is 11.9 Å². The van der Waals surface area contributed by atoms with Crippen molar-refractivity contribution in [3.05, 3.63) is 12.2 Å². The molecular formula is C10H17N3O2. The van der Waals surface area contributed by atoms with Gasteiger partial charge >= 0.3 is 6.03 Å². The lowest BCUT2D eigenvalue weighted by atomic mass is 10.0. The molecule has 5 heteroatoms. The zero-order chi connectivity index (χ0) is 11.3. The number of urea groups is 1. The predicted molar refractivity (Wildman–Crippen MR) is 57.1 cm³/mol. The maximum absolute atomic E-state index is 11.3. The lowest BCUT2D eigenvalue weighted by Gasteiger charge is -2.23. The van der Waals surface area contributed by atoms with Crippen LogP contribution in [0.5, 0.6) is 0 Å². The molecule has 5 nitrogen and oxygen atoms in total. The topological polar surface area (TPSA) is 84.2 Å². The molecule has 0 aliphatic heterocycles. The van der Waals surface area contributed by atoms with Crippen LogP contribution >= 0.6 is 0 Å². The van der Waals surface area contributed by atoms with Crippen LogP contribution in [-0.4, -0.2) is 24.0 Å². The Hall–Kier alpha value is -1.36. The van der Waals surface area contributed by atoms with E-state index in [1.54, 1.807) is 6.92 Å². The van der Waals surface area contributed by atoms with Gasteiger partial charge in [0, 0.05) is 6.04 Å². The molecule has 0 radical (unpaired) electrons. The Kier molecular flexibility index (Phi) is 4.30. The molecule has 0 aromatic heterocycles. The quantitative estimate of drug-likeness (QED) is 0.586. The maximum Gasteiger partial charge on any atom is 0.318 e. The van der Waals surface area contributed by atoms with Crippen molar-refractivity contribution in [2.24, 2.45) is 5.73 Å². The van der Waals surface area contributed by atoms with Gasteiger partial charge < -0.3 is 11.1 Å². The first kappa shape index (κ1) is 11.7. The van der Waals surface area contributed by atoms with E-state index in [0.717, 1.165) is 19.3 Å². The predicted octanol–water partition coefficient (Wildman–Crippen LogP) is 0.268. The van der Waals surface area contributed by atoms with E-state index in [1.807, 2.05) is 0 Å². The lowest BCUT2D eigenvalue weighted by molar-refractivity contribution is -0.121. The van der Waals surface area contributed by atoms with Crippen molar-refractivity contribution in [2.45, 2.75) is 38.3 Å². The van der Waals surface area contributed by atoms with Gasteiger partial charge in [0.2, 0.25) is 5.91 Å². The van der Waals surface area contributed by atoms with E-state index in [4.69, 9.17) is 5.73 Å². The van der Waals surface area contributed by atoms with Gasteiger partial charge in [-0.1, -0.05) is 12.2 Å². The smallest absolute Gasteiger partial charge is 0.318 e. The Morgan fingerprint density at radius 1 is 1.47 bits per heavy atom. The summed E-state index contributed by atoms with van der Waals surface area (Å²) in [6.45, 7) is 1.72. The third kappa shape index (κ3) is 4.12. The Labute approximate surface area is 89.1 Å². The number of hydrogen-bond donors (Lipinski definition) is 3. The Bertz CT molecular complexity index is 276. The standard InChI is InChI=1S/C10H17N3O2/c1-7(9(14)13-10(11)15)12-8-5-3-2-4-6-8/h2-3,7-8,12H,4-6H2,1H3,(H3,11,13,14,15). The summed E-state index contributed by atoms with van der Waals surface area (Å²) >= 11 is 0. The van der Waals surface area contributed by atoms with E-state index in [-0.39, 0.29) is 5.91 Å². The van der Waals surface area contributed by atoms with Gasteiger partial charge in [-0.3, -0.25) is 10.1 Å². The van der Waals surface area contributed by atoms with Crippen molar-refractivity contribution in [3.63, 3.8) is 0 Å². The summed E-state index contributed by atoms with van der Waals surface area (Å²) in [4.78, 5) is 21.8. The molecule has 0 aromatic rings. The summed E-state index contributed by atoms with van der Waals surface area (Å²) in [5, 5.41) is 5.20. The normalized spacial score (nSPS) is 22.1. The fraction of sp³-hybridized carbons (Fsp3) is 0.600. The van der Waals surface area contributed by atoms with E-state index < -0.39 is 12.1 Å². The molecule has 2 unspecified atom stereocenters. The van der Waals surface area contributed by atoms with Gasteiger partial charge in [-0.15, -0.1) is 0 Å². The molecular weight excluding hydrogens is 194 g/mol. The van der Waals surface area contributed by atoms with Crippen LogP contribution in [0.2, 0.25) is 0 Å². The minimum absolute atomic E-state index is 0.309. The van der Waals surface area contributed by atoms with Crippen LogP contribution in [0.3, 0.4) is 0 Å². The van der Waals surface area contributed by atoms with Crippen molar-refractivity contribution in [3.8, 4) is 0 Å². The number of primary amides is 1. The zero-order valence-corrected chi connectivity index (χ0v) is 8.82. The van der Waals surface area contributed by atoms with E-state index in [2.05, 4.69) is 22.8 Å². The SMILES string of the molecule is CC(NC1CC=CCC1)C(=O)NC(N)=O. The van der Waals surface area contributed by atoms with Crippen molar-refractivity contribution in [1.29, 1.82) is 0 Å². The van der Waals surface area contributed by atoms with Crippen molar-refractivity contribution in [1.82, 2.24) is 10.6 Å². The maximum atomic E-state index is 11.3. The van der Waals surface area contributed by atoms with Gasteiger partial charge in [0.1, 0.15) is 0 Å². The summed E-state index contributed by atoms with van der Waals surface area (Å²) < 4.78 is 0. The molecule has 1 rings (SSSR count). The molecule has 4 N–H and O–H groups in total. The Morgan fingerprint density at radius 2 is 2.20 bits per heavy atom. The fourth-order valence-corrected chi connectivity index (χ4v) is 1.60. The average Bonchev–Trinajstić information content (AvgIpc) is 2.18. The van der Waals surface area contributed by atoms with Crippen molar-refractivity contribution < 1.29 is 9.59 Å². The van der Waals surface area contributed by atoms with Gasteiger partial charge in [0.25, 0.3) is 0 Å². The molecule has 0 spiro atoms. The minimum Gasteiger partial charge on any atom is -0.351 e. The molecule has 0 aromatic carbocycles. The second-order valence-corrected chi connectivity index (χ2v) is 3.72. The van der Waals surface area contributed by atoms with Crippen LogP contribution in [0.25, 0.3) is 0 Å². The summed E-state index contributed by atoms with van der Waals surface area (Å²) in [6.07, 6.45) is 7.20. The molecule has 1 aliphatic carbocycles. The molecule has 0 saturated heterocycles. The van der Waals surface area contributed by atoms with Crippen molar-refractivity contribution in [2.75, 3.05) is 0 Å². The zero-order valence-electron chi connectivity index (χ0n) is 8.82. The summed E-state index contributed by atoms with van der Waals surface area (Å²) in [5.41, 5.74) is 4.85. The molecule has 15 heavy (non-hydrogen) atoms. The van der Waals surface area contributed by atoms with Crippen LogP contribution in [0.15, 0.2) is 12.2 Å². The number of hydrogen-bond acceptors (Lipinski definition) is 3. The van der Waals surface area contributed by atoms with Gasteiger partial charge in [-0.05, 0) is 26.2 Å². The molecule has 3 amide bonds. The highest BCUT2D eigenvalue weighted by Crippen LogP contribution is 2.10. The molecule has 84 valence electrons. The first-order chi connectivity index (χ1) is 7.09. The molecule has 2 atom stereocenters. The summed E-state index contributed by atoms with van der Waals surface area (Å²) in [6, 6.07) is -0.894. The van der Waals surface area contributed by atoms with Gasteiger partial charge in [0.15, 0.2) is 0 Å². The Morgan fingerprint density at radius 3 is 2.73 bits per heavy atom. The summed E-state index contributed by atoms with van der Waals surface area (Å²) in [7, 11) is 0. The van der Waals surface area contributed by atoms with Gasteiger partial charge in [-0.2, -0.15) is 0 Å². The van der Waals surface area contributed by atoms with Crippen LogP contribution in [0.4, 0.5) is 4.79 Å². The molecule has 1 aliphatic rings. The number of nitrogens with one attached hydrogen (secondary N) is 2. The van der Waals surface area contributed by atoms with Gasteiger partial charge in [-0.25, -0.2) is 4.79 Å². The third-order valence-corrected chi connectivity index (χ3v) is 2.39. The van der Waals surface area contributed by atoms with Crippen LogP contribution < -0.4 is 16.4 Å². The van der Waals surface area contributed by atoms with Crippen LogP contribution in [-0.2, 0) is 4.79 Å². The number of carbonyl (C=O) groups is 2. The lowest BCUT2D eigenvalue weighted by Crippen LogP contribution is -2.49. The molecule has 0 saturated carbocycles. The number of allylic oxidation sites excluding steroid dienone is 1. The molecule has 0 heterocycles. The number of amides is 3. The average molecular weight is 211 g/mol. The van der Waals surface area contributed by atoms with E-state index in [9.17, 15) is 9.59 Å². The molecule has 0 bridgehead atoms. The molecule has 0 fully saturated rings. The van der Waals surface area contributed by atoms with E-state index in [1.165, 1.54) is 0 Å². The second-order valence-electron chi connectivity index (χ2n) is 3.72. The van der Waals surface area contributed by atoms with E-state index >= 15 is 0 Å². The van der Waals surface area contributed by atoms with E-state index in [0.29, 0.717) is 6.04 Å². The largest absolute Gasteiger partial charge is 0.351 e. The highest BCUT2D eigenvalue weighted by molar-refractivity contribution is 5.96. The highest BCUT2D eigenvalue weighted by Gasteiger charge is 2.18.